The van der Waals surface area contributed by atoms with Crippen LogP contribution in [0.1, 0.15) is 25.8 Å². The molecule has 0 saturated carbocycles. The van der Waals surface area contributed by atoms with Crippen LogP contribution in [0.3, 0.4) is 0 Å². The van der Waals surface area contributed by atoms with E-state index in [0.29, 0.717) is 18.5 Å². The summed E-state index contributed by atoms with van der Waals surface area (Å²) in [6, 6.07) is 2.11. The van der Waals surface area contributed by atoms with Gasteiger partial charge in [-0.05, 0) is 19.8 Å². The Kier molecular flexibility index (Phi) is 3.76. The molecule has 0 amide bonds. The second-order valence-electron chi connectivity index (χ2n) is 4.75. The number of piperidine rings is 1. The van der Waals surface area contributed by atoms with E-state index < -0.39 is 0 Å². The maximum atomic E-state index is 5.43. The van der Waals surface area contributed by atoms with Gasteiger partial charge in [-0.2, -0.15) is 4.98 Å². The van der Waals surface area contributed by atoms with E-state index in [-0.39, 0.29) is 0 Å². The van der Waals surface area contributed by atoms with Gasteiger partial charge in [0.1, 0.15) is 0 Å². The highest BCUT2D eigenvalue weighted by atomic mass is 16.5. The van der Waals surface area contributed by atoms with Gasteiger partial charge in [0, 0.05) is 31.5 Å². The third kappa shape index (κ3) is 2.71. The van der Waals surface area contributed by atoms with E-state index in [0.717, 1.165) is 31.9 Å². The molecule has 0 radical (unpaired) electrons. The van der Waals surface area contributed by atoms with Gasteiger partial charge in [0.15, 0.2) is 0 Å². The molecule has 106 valence electrons. The monoisotopic (exact) mass is 274 g/mol. The van der Waals surface area contributed by atoms with E-state index in [2.05, 4.69) is 25.2 Å². The van der Waals surface area contributed by atoms with Crippen LogP contribution in [0.4, 0.5) is 5.95 Å². The normalized spacial score (nSPS) is 19.1. The summed E-state index contributed by atoms with van der Waals surface area (Å²) in [5.41, 5.74) is 0. The number of hydrogen-bond donors (Lipinski definition) is 0. The third-order valence-corrected chi connectivity index (χ3v) is 3.40. The maximum Gasteiger partial charge on any atom is 0.228 e. The molecule has 1 saturated heterocycles. The molecule has 0 N–H and O–H groups in total. The van der Waals surface area contributed by atoms with Crippen LogP contribution in [0.15, 0.2) is 24.7 Å². The molecule has 0 spiro atoms. The first-order valence-corrected chi connectivity index (χ1v) is 6.93. The molecule has 2 aromatic rings. The van der Waals surface area contributed by atoms with Crippen molar-refractivity contribution in [2.75, 3.05) is 24.6 Å². The molecule has 20 heavy (non-hydrogen) atoms. The van der Waals surface area contributed by atoms with Crippen LogP contribution >= 0.6 is 0 Å². The number of anilines is 1. The second-order valence-corrected chi connectivity index (χ2v) is 4.75. The molecule has 0 aliphatic carbocycles. The molecule has 1 unspecified atom stereocenters. The van der Waals surface area contributed by atoms with Gasteiger partial charge in [-0.15, -0.1) is 5.10 Å². The number of aromatic nitrogens is 5. The van der Waals surface area contributed by atoms with Crippen molar-refractivity contribution in [2.24, 2.45) is 0 Å². The number of rotatable bonds is 4. The Balaban J connectivity index is 1.74. The molecular weight excluding hydrogens is 256 g/mol. The van der Waals surface area contributed by atoms with Gasteiger partial charge >= 0.3 is 0 Å². The highest BCUT2D eigenvalue weighted by Gasteiger charge is 2.23. The fourth-order valence-electron chi connectivity index (χ4n) is 2.48. The Morgan fingerprint density at radius 1 is 1.40 bits per heavy atom. The molecule has 3 rings (SSSR count). The van der Waals surface area contributed by atoms with Gasteiger partial charge in [-0.25, -0.2) is 9.67 Å². The van der Waals surface area contributed by atoms with Crippen LogP contribution in [0.25, 0.3) is 0 Å². The molecule has 1 aliphatic heterocycles. The zero-order valence-electron chi connectivity index (χ0n) is 11.5. The van der Waals surface area contributed by atoms with Crippen molar-refractivity contribution in [1.29, 1.82) is 0 Å². The first kappa shape index (κ1) is 12.8. The summed E-state index contributed by atoms with van der Waals surface area (Å²) in [5.74, 6) is 1.35. The van der Waals surface area contributed by atoms with Crippen molar-refractivity contribution >= 4 is 5.95 Å². The molecule has 7 nitrogen and oxygen atoms in total. The Morgan fingerprint density at radius 2 is 2.35 bits per heavy atom. The Hall–Kier alpha value is -2.18. The van der Waals surface area contributed by atoms with Crippen molar-refractivity contribution in [3.05, 3.63) is 24.7 Å². The Bertz CT molecular complexity index is 544. The number of ether oxygens (including phenoxy) is 1. The van der Waals surface area contributed by atoms with Crippen LogP contribution in [0.2, 0.25) is 0 Å². The summed E-state index contributed by atoms with van der Waals surface area (Å²) in [4.78, 5) is 11.0. The second kappa shape index (κ2) is 5.85. The van der Waals surface area contributed by atoms with Gasteiger partial charge in [-0.3, -0.25) is 0 Å². The van der Waals surface area contributed by atoms with Crippen LogP contribution in [-0.2, 0) is 0 Å². The molecule has 1 fully saturated rings. The Labute approximate surface area is 117 Å². The molecule has 0 bridgehead atoms. The lowest BCUT2D eigenvalue weighted by molar-refractivity contribution is 0.324. The van der Waals surface area contributed by atoms with Crippen molar-refractivity contribution < 1.29 is 4.74 Å². The largest absolute Gasteiger partial charge is 0.478 e. The fraction of sp³-hybridized carbons (Fsp3) is 0.538. The molecular formula is C13H18N6O. The predicted octanol–water partition coefficient (Wildman–Crippen LogP) is 1.31. The standard InChI is InChI=1S/C13H18N6O/c1-2-20-12-5-6-14-13(16-12)18-8-3-4-11(10-18)19-9-7-15-17-19/h5-7,9,11H,2-4,8,10H2,1H3. The topological polar surface area (TPSA) is 69.0 Å². The van der Waals surface area contributed by atoms with Crippen LogP contribution in [0, 0.1) is 0 Å². The SMILES string of the molecule is CCOc1ccnc(N2CCCC(n3ccnn3)C2)n1. The molecule has 3 heterocycles. The van der Waals surface area contributed by atoms with Gasteiger partial charge in [0.2, 0.25) is 11.8 Å². The number of nitrogens with zero attached hydrogens (tertiary/aromatic N) is 6. The van der Waals surface area contributed by atoms with Gasteiger partial charge < -0.3 is 9.64 Å². The van der Waals surface area contributed by atoms with E-state index in [1.807, 2.05) is 17.8 Å². The summed E-state index contributed by atoms with van der Waals surface area (Å²) >= 11 is 0. The van der Waals surface area contributed by atoms with E-state index in [1.165, 1.54) is 0 Å². The summed E-state index contributed by atoms with van der Waals surface area (Å²) in [6.45, 7) is 4.36. The van der Waals surface area contributed by atoms with Crippen molar-refractivity contribution in [3.63, 3.8) is 0 Å². The molecule has 1 atom stereocenters. The van der Waals surface area contributed by atoms with Gasteiger partial charge in [0.25, 0.3) is 0 Å². The first-order chi connectivity index (χ1) is 9.86. The zero-order chi connectivity index (χ0) is 13.8. The zero-order valence-corrected chi connectivity index (χ0v) is 11.5. The molecule has 2 aromatic heterocycles. The predicted molar refractivity (Wildman–Crippen MR) is 73.7 cm³/mol. The highest BCUT2D eigenvalue weighted by Crippen LogP contribution is 2.24. The molecule has 1 aliphatic rings. The van der Waals surface area contributed by atoms with Gasteiger partial charge in [0.05, 0.1) is 18.8 Å². The lowest BCUT2D eigenvalue weighted by Crippen LogP contribution is -2.37. The van der Waals surface area contributed by atoms with Crippen LogP contribution < -0.4 is 9.64 Å². The maximum absolute atomic E-state index is 5.43. The van der Waals surface area contributed by atoms with Gasteiger partial charge in [-0.1, -0.05) is 5.21 Å². The minimum Gasteiger partial charge on any atom is -0.478 e. The van der Waals surface area contributed by atoms with E-state index >= 15 is 0 Å². The van der Waals surface area contributed by atoms with E-state index in [4.69, 9.17) is 4.74 Å². The summed E-state index contributed by atoms with van der Waals surface area (Å²) in [6.07, 6.45) is 7.56. The minimum absolute atomic E-state index is 0.325. The van der Waals surface area contributed by atoms with Crippen molar-refractivity contribution in [3.8, 4) is 5.88 Å². The van der Waals surface area contributed by atoms with Crippen LogP contribution in [-0.4, -0.2) is 44.7 Å². The molecule has 0 aromatic carbocycles. The van der Waals surface area contributed by atoms with E-state index in [1.54, 1.807) is 18.5 Å². The van der Waals surface area contributed by atoms with Crippen molar-refractivity contribution in [2.45, 2.75) is 25.8 Å². The smallest absolute Gasteiger partial charge is 0.228 e. The fourth-order valence-corrected chi connectivity index (χ4v) is 2.48. The number of hydrogen-bond acceptors (Lipinski definition) is 6. The lowest BCUT2D eigenvalue weighted by Gasteiger charge is -2.32. The average molecular weight is 274 g/mol. The Morgan fingerprint density at radius 3 is 3.15 bits per heavy atom. The highest BCUT2D eigenvalue weighted by molar-refractivity contribution is 5.32. The summed E-state index contributed by atoms with van der Waals surface area (Å²) in [7, 11) is 0. The third-order valence-electron chi connectivity index (χ3n) is 3.40. The minimum atomic E-state index is 0.325. The summed E-state index contributed by atoms with van der Waals surface area (Å²) < 4.78 is 7.35. The van der Waals surface area contributed by atoms with Crippen molar-refractivity contribution in [1.82, 2.24) is 25.0 Å². The van der Waals surface area contributed by atoms with Crippen LogP contribution in [0.5, 0.6) is 5.88 Å². The lowest BCUT2D eigenvalue weighted by atomic mass is 10.1. The van der Waals surface area contributed by atoms with E-state index in [9.17, 15) is 0 Å². The summed E-state index contributed by atoms with van der Waals surface area (Å²) in [5, 5.41) is 7.97. The first-order valence-electron chi connectivity index (χ1n) is 6.93. The quantitative estimate of drug-likeness (QED) is 0.837. The average Bonchev–Trinajstić information content (AvgIpc) is 3.02. The molecule has 7 heteroatoms.